The molecule has 0 spiro atoms. The van der Waals surface area contributed by atoms with Crippen LogP contribution in [0.1, 0.15) is 0 Å². The maximum atomic E-state index is 3.00. The van der Waals surface area contributed by atoms with Crippen molar-refractivity contribution in [1.82, 2.24) is 0 Å². The summed E-state index contributed by atoms with van der Waals surface area (Å²) < 4.78 is 5.99. The monoisotopic (exact) mass is 322 g/mol. The molecule has 0 atom stereocenters. The first kappa shape index (κ1) is 7.93. The fourth-order valence-electron chi connectivity index (χ4n) is 0.156. The Labute approximate surface area is 72.8 Å². The molecule has 0 bridgehead atoms. The average Bonchev–Trinajstić information content (AvgIpc) is 1.69. The zero-order valence-corrected chi connectivity index (χ0v) is 16.9. The van der Waals surface area contributed by atoms with Crippen LogP contribution in [0.15, 0.2) is 0 Å². The SMILES string of the molecule is [SnH3][C]#C[Si]C#[C][SnH3]. The Hall–Kier alpha value is 0.934. The third kappa shape index (κ3) is 6.93. The van der Waals surface area contributed by atoms with E-state index in [0.29, 0.717) is 54.6 Å². The molecule has 0 saturated heterocycles. The molecule has 0 unspecified atom stereocenters. The van der Waals surface area contributed by atoms with E-state index in [1.54, 1.807) is 0 Å². The average molecular weight is 320 g/mol. The molecule has 0 nitrogen and oxygen atoms in total. The second-order valence-corrected chi connectivity index (χ2v) is 4.48. The van der Waals surface area contributed by atoms with E-state index in [1.807, 2.05) is 0 Å². The molecule has 0 saturated carbocycles. The Morgan fingerprint density at radius 3 is 1.71 bits per heavy atom. The molecule has 0 aliphatic rings. The van der Waals surface area contributed by atoms with Crippen LogP contribution in [-0.2, 0) is 0 Å². The molecule has 0 rings (SSSR count). The number of rotatable bonds is 0. The first-order chi connectivity index (χ1) is 3.41. The van der Waals surface area contributed by atoms with E-state index in [2.05, 4.69) is 19.0 Å². The van der Waals surface area contributed by atoms with Gasteiger partial charge >= 0.3 is 73.5 Å². The van der Waals surface area contributed by atoms with Crippen LogP contribution in [0.5, 0.6) is 0 Å². The van der Waals surface area contributed by atoms with Gasteiger partial charge < -0.3 is 0 Å². The van der Waals surface area contributed by atoms with Gasteiger partial charge in [0.25, 0.3) is 0 Å². The molecule has 2 radical (unpaired) electrons. The van der Waals surface area contributed by atoms with Gasteiger partial charge in [0.1, 0.15) is 0 Å². The van der Waals surface area contributed by atoms with Gasteiger partial charge in [0.05, 0.1) is 0 Å². The standard InChI is InChI=1S/C4Si.2Sn.6H/c1-3-5-4-2;;;;;;;;. The summed E-state index contributed by atoms with van der Waals surface area (Å²) >= 11 is 1.14. The Morgan fingerprint density at radius 2 is 1.43 bits per heavy atom. The van der Waals surface area contributed by atoms with Gasteiger partial charge in [-0.3, -0.25) is 0 Å². The van der Waals surface area contributed by atoms with Crippen LogP contribution in [0.2, 0.25) is 0 Å². The van der Waals surface area contributed by atoms with E-state index in [-0.39, 0.29) is 0 Å². The van der Waals surface area contributed by atoms with Gasteiger partial charge in [-0.05, 0) is 0 Å². The molecule has 0 aliphatic heterocycles. The van der Waals surface area contributed by atoms with Crippen molar-refractivity contribution in [2.24, 2.45) is 0 Å². The number of hydrogen-bond acceptors (Lipinski definition) is 0. The summed E-state index contributed by atoms with van der Waals surface area (Å²) in [6.45, 7) is 0. The van der Waals surface area contributed by atoms with Gasteiger partial charge in [0, 0.05) is 0 Å². The third-order valence-electron chi connectivity index (χ3n) is 0.375. The van der Waals surface area contributed by atoms with Gasteiger partial charge in [0.2, 0.25) is 0 Å². The second kappa shape index (κ2) is 6.93. The van der Waals surface area contributed by atoms with Crippen LogP contribution >= 0.6 is 0 Å². The van der Waals surface area contributed by atoms with E-state index >= 15 is 0 Å². The van der Waals surface area contributed by atoms with Crippen molar-refractivity contribution in [3.8, 4) is 19.0 Å². The van der Waals surface area contributed by atoms with Crippen LogP contribution in [0.3, 0.4) is 0 Å². The molecule has 0 aromatic rings. The maximum absolute atomic E-state index is 3.00. The summed E-state index contributed by atoms with van der Waals surface area (Å²) in [7, 11) is 0.615. The second-order valence-electron chi connectivity index (χ2n) is 0.875. The zero-order valence-electron chi connectivity index (χ0n) is 4.50. The Kier molecular flexibility index (Phi) is 7.86. The van der Waals surface area contributed by atoms with Crippen molar-refractivity contribution in [3.63, 3.8) is 0 Å². The van der Waals surface area contributed by atoms with E-state index in [4.69, 9.17) is 0 Å². The van der Waals surface area contributed by atoms with E-state index in [1.165, 1.54) is 0 Å². The number of hydrogen-bond donors (Lipinski definition) is 0. The summed E-state index contributed by atoms with van der Waals surface area (Å²) in [4.78, 5) is 0. The first-order valence-corrected chi connectivity index (χ1v) is 8.71. The van der Waals surface area contributed by atoms with Gasteiger partial charge in [-0.2, -0.15) is 0 Å². The molecule has 0 heterocycles. The van der Waals surface area contributed by atoms with E-state index in [0.717, 1.165) is 0 Å². The normalized spacial score (nSPS) is 5.71. The molecule has 0 aromatic heterocycles. The van der Waals surface area contributed by atoms with Crippen LogP contribution in [-0.4, -0.2) is 54.6 Å². The van der Waals surface area contributed by atoms with Crippen molar-refractivity contribution in [2.45, 2.75) is 0 Å². The Bertz CT molecular complexity index is 125. The van der Waals surface area contributed by atoms with Crippen LogP contribution in [0.4, 0.5) is 0 Å². The van der Waals surface area contributed by atoms with Crippen molar-refractivity contribution in [2.75, 3.05) is 0 Å². The minimum atomic E-state index is 0.571. The van der Waals surface area contributed by atoms with E-state index in [9.17, 15) is 0 Å². The van der Waals surface area contributed by atoms with Crippen LogP contribution < -0.4 is 0 Å². The first-order valence-electron chi connectivity index (χ1n) is 2.00. The Morgan fingerprint density at radius 1 is 1.00 bits per heavy atom. The Balaban J connectivity index is 3.21. The summed E-state index contributed by atoms with van der Waals surface area (Å²) in [6, 6.07) is 0. The predicted octanol–water partition coefficient (Wildman–Crippen LogP) is -2.74. The molecule has 0 amide bonds. The molecule has 3 heteroatoms. The van der Waals surface area contributed by atoms with Gasteiger partial charge in [-0.25, -0.2) is 0 Å². The van der Waals surface area contributed by atoms with Gasteiger partial charge in [0.15, 0.2) is 0 Å². The molecule has 34 valence electrons. The zero-order chi connectivity index (χ0) is 5.54. The van der Waals surface area contributed by atoms with E-state index < -0.39 is 0 Å². The van der Waals surface area contributed by atoms with Crippen molar-refractivity contribution in [1.29, 1.82) is 0 Å². The molecule has 7 heavy (non-hydrogen) atoms. The van der Waals surface area contributed by atoms with Crippen LogP contribution in [0.25, 0.3) is 0 Å². The summed E-state index contributed by atoms with van der Waals surface area (Å²) in [5.41, 5.74) is 5.96. The summed E-state index contributed by atoms with van der Waals surface area (Å²) in [5, 5.41) is 0. The van der Waals surface area contributed by atoms with Crippen molar-refractivity contribution in [3.05, 3.63) is 0 Å². The predicted molar refractivity (Wildman–Crippen MR) is 41.2 cm³/mol. The fourth-order valence-corrected chi connectivity index (χ4v) is 2.61. The minimum absolute atomic E-state index is 0.571. The molecular weight excluding hydrogens is 314 g/mol. The van der Waals surface area contributed by atoms with Crippen molar-refractivity contribution >= 4 is 54.6 Å². The summed E-state index contributed by atoms with van der Waals surface area (Å²) in [5.74, 6) is 0. The summed E-state index contributed by atoms with van der Waals surface area (Å²) in [6.07, 6.45) is 0. The molecule has 0 fully saturated rings. The van der Waals surface area contributed by atoms with Gasteiger partial charge in [-0.1, -0.05) is 0 Å². The van der Waals surface area contributed by atoms with Gasteiger partial charge in [-0.15, -0.1) is 0 Å². The fraction of sp³-hybridized carbons (Fsp3) is 0. The van der Waals surface area contributed by atoms with Crippen molar-refractivity contribution < 1.29 is 0 Å². The molecule has 0 aliphatic carbocycles. The molecule has 0 N–H and O–H groups in total. The molecular formula is C4H6SiSn2. The topological polar surface area (TPSA) is 0 Å². The van der Waals surface area contributed by atoms with Crippen LogP contribution in [0, 0.1) is 19.0 Å². The quantitative estimate of drug-likeness (QED) is 0.336. The third-order valence-corrected chi connectivity index (χ3v) is 5.41. The molecule has 0 aromatic carbocycles.